The Labute approximate surface area is 191 Å². The molecule has 1 aromatic carbocycles. The predicted octanol–water partition coefficient (Wildman–Crippen LogP) is 3.89. The molecule has 1 aliphatic carbocycles. The van der Waals surface area contributed by atoms with Gasteiger partial charge in [0.2, 0.25) is 5.88 Å². The summed E-state index contributed by atoms with van der Waals surface area (Å²) in [4.78, 5) is 19.3. The Morgan fingerprint density at radius 1 is 1.21 bits per heavy atom. The van der Waals surface area contributed by atoms with Gasteiger partial charge in [-0.15, -0.1) is 4.80 Å². The number of alkyl halides is 3. The van der Waals surface area contributed by atoms with E-state index in [1.165, 1.54) is 24.5 Å². The van der Waals surface area contributed by atoms with Crippen molar-refractivity contribution in [2.75, 3.05) is 0 Å². The largest absolute Gasteiger partial charge is 0.472 e. The van der Waals surface area contributed by atoms with Gasteiger partial charge in [-0.25, -0.2) is 9.37 Å². The van der Waals surface area contributed by atoms with Gasteiger partial charge in [0.15, 0.2) is 5.82 Å². The van der Waals surface area contributed by atoms with Crippen molar-refractivity contribution in [1.29, 1.82) is 0 Å². The van der Waals surface area contributed by atoms with Gasteiger partial charge in [-0.05, 0) is 43.8 Å². The second-order valence-electron chi connectivity index (χ2n) is 7.79. The second-order valence-corrected chi connectivity index (χ2v) is 7.79. The Bertz CT molecular complexity index is 1320. The van der Waals surface area contributed by atoms with Gasteiger partial charge in [0.1, 0.15) is 11.8 Å². The number of hydrogen-bond acceptors (Lipinski definition) is 5. The SMILES string of the molecule is [2H]C([2H])([2H])[C@]1([2H])[C@H]2C[C@@H](Oc3ccc(C(F)(F)F)cn3)[C@H](C2)N1C(=O)c1cccc(F)c1-n1nccn1. The molecule has 2 aliphatic rings. The van der Waals surface area contributed by atoms with Crippen LogP contribution in [0.3, 0.4) is 0 Å². The molecule has 5 rings (SSSR count). The number of aromatic nitrogens is 4. The molecule has 0 N–H and O–H groups in total. The van der Waals surface area contributed by atoms with E-state index >= 15 is 0 Å². The molecule has 172 valence electrons. The molecular weight excluding hydrogens is 442 g/mol. The first kappa shape index (κ1) is 17.0. The highest BCUT2D eigenvalue weighted by atomic mass is 19.4. The average molecular weight is 465 g/mol. The third-order valence-electron chi connectivity index (χ3n) is 5.84. The van der Waals surface area contributed by atoms with E-state index in [-0.39, 0.29) is 30.0 Å². The lowest BCUT2D eigenvalue weighted by atomic mass is 9.98. The highest BCUT2D eigenvalue weighted by Crippen LogP contribution is 2.45. The lowest BCUT2D eigenvalue weighted by molar-refractivity contribution is -0.137. The Morgan fingerprint density at radius 3 is 2.67 bits per heavy atom. The van der Waals surface area contributed by atoms with E-state index in [4.69, 9.17) is 10.2 Å². The molecule has 0 unspecified atom stereocenters. The van der Waals surface area contributed by atoms with Crippen LogP contribution in [0.5, 0.6) is 5.88 Å². The van der Waals surface area contributed by atoms with Gasteiger partial charge in [0, 0.05) is 22.4 Å². The Morgan fingerprint density at radius 2 is 2.00 bits per heavy atom. The van der Waals surface area contributed by atoms with Gasteiger partial charge in [-0.2, -0.15) is 23.4 Å². The minimum Gasteiger partial charge on any atom is -0.472 e. The van der Waals surface area contributed by atoms with Gasteiger partial charge in [0.25, 0.3) is 5.91 Å². The Balaban J connectivity index is 1.51. The van der Waals surface area contributed by atoms with Crippen molar-refractivity contribution in [3.05, 3.63) is 65.9 Å². The van der Waals surface area contributed by atoms with E-state index in [0.717, 1.165) is 27.9 Å². The van der Waals surface area contributed by atoms with Crippen LogP contribution in [0.1, 0.15) is 41.1 Å². The van der Waals surface area contributed by atoms with Crippen LogP contribution in [0.2, 0.25) is 0 Å². The Kier molecular flexibility index (Phi) is 4.04. The van der Waals surface area contributed by atoms with Gasteiger partial charge in [0.05, 0.1) is 30.9 Å². The molecule has 1 amide bonds. The first-order valence-electron chi connectivity index (χ1n) is 12.0. The molecule has 3 heterocycles. The topological polar surface area (TPSA) is 73.1 Å². The summed E-state index contributed by atoms with van der Waals surface area (Å²) in [5, 5.41) is 7.74. The molecule has 0 spiro atoms. The van der Waals surface area contributed by atoms with E-state index in [1.54, 1.807) is 0 Å². The zero-order valence-electron chi connectivity index (χ0n) is 20.8. The molecule has 0 radical (unpaired) electrons. The van der Waals surface area contributed by atoms with Crippen LogP contribution in [-0.2, 0) is 6.18 Å². The first-order chi connectivity index (χ1) is 17.3. The first-order valence-corrected chi connectivity index (χ1v) is 10.0. The maximum Gasteiger partial charge on any atom is 0.417 e. The second kappa shape index (κ2) is 7.82. The number of piperidine rings is 1. The number of rotatable bonds is 4. The molecule has 3 aromatic rings. The molecule has 2 aromatic heterocycles. The van der Waals surface area contributed by atoms with Crippen molar-refractivity contribution in [3.63, 3.8) is 0 Å². The zero-order valence-corrected chi connectivity index (χ0v) is 16.8. The summed E-state index contributed by atoms with van der Waals surface area (Å²) in [6.45, 7) is -2.92. The molecule has 1 saturated carbocycles. The smallest absolute Gasteiger partial charge is 0.417 e. The summed E-state index contributed by atoms with van der Waals surface area (Å²) in [5.74, 6) is -2.75. The summed E-state index contributed by atoms with van der Waals surface area (Å²) in [5.41, 5.74) is -1.53. The van der Waals surface area contributed by atoms with Crippen LogP contribution in [0.4, 0.5) is 17.6 Å². The fourth-order valence-corrected chi connectivity index (χ4v) is 4.36. The molecule has 7 nitrogen and oxygen atoms in total. The van der Waals surface area contributed by atoms with E-state index in [1.807, 2.05) is 0 Å². The average Bonchev–Trinajstić information content (AvgIpc) is 3.54. The van der Waals surface area contributed by atoms with Crippen LogP contribution in [0.15, 0.2) is 48.9 Å². The highest BCUT2D eigenvalue weighted by Gasteiger charge is 2.53. The summed E-state index contributed by atoms with van der Waals surface area (Å²) >= 11 is 0. The van der Waals surface area contributed by atoms with Gasteiger partial charge in [-0.1, -0.05) is 6.07 Å². The minimum absolute atomic E-state index is 0.0652. The maximum atomic E-state index is 14.8. The zero-order chi connectivity index (χ0) is 26.8. The third-order valence-corrected chi connectivity index (χ3v) is 5.84. The van der Waals surface area contributed by atoms with Crippen molar-refractivity contribution >= 4 is 5.91 Å². The van der Waals surface area contributed by atoms with E-state index in [9.17, 15) is 22.4 Å². The molecule has 2 fully saturated rings. The lowest BCUT2D eigenvalue weighted by Crippen LogP contribution is -2.51. The third kappa shape index (κ3) is 3.70. The summed E-state index contributed by atoms with van der Waals surface area (Å²) in [6.07, 6.45) is -2.11. The van der Waals surface area contributed by atoms with Gasteiger partial charge >= 0.3 is 6.18 Å². The molecular formula is C22H19F4N5O2. The van der Waals surface area contributed by atoms with Crippen LogP contribution in [0, 0.1) is 11.7 Å². The molecule has 33 heavy (non-hydrogen) atoms. The fraction of sp³-hybridized carbons (Fsp3) is 0.364. The van der Waals surface area contributed by atoms with Crippen molar-refractivity contribution in [2.45, 2.75) is 44.0 Å². The number of carbonyl (C=O) groups is 1. The van der Waals surface area contributed by atoms with Crippen molar-refractivity contribution in [1.82, 2.24) is 24.9 Å². The number of fused-ring (bicyclic) bond motifs is 2. The summed E-state index contributed by atoms with van der Waals surface area (Å²) in [7, 11) is 0. The van der Waals surface area contributed by atoms with Crippen molar-refractivity contribution < 1.29 is 32.6 Å². The van der Waals surface area contributed by atoms with Crippen LogP contribution < -0.4 is 4.74 Å². The number of carbonyl (C=O) groups excluding carboxylic acids is 1. The minimum atomic E-state index is -4.59. The molecule has 1 aliphatic heterocycles. The normalized spacial score (nSPS) is 28.7. The van der Waals surface area contributed by atoms with Gasteiger partial charge in [-0.3, -0.25) is 4.79 Å². The van der Waals surface area contributed by atoms with Crippen molar-refractivity contribution in [3.8, 4) is 11.6 Å². The number of amides is 1. The monoisotopic (exact) mass is 465 g/mol. The van der Waals surface area contributed by atoms with Crippen LogP contribution >= 0.6 is 0 Å². The predicted molar refractivity (Wildman–Crippen MR) is 107 cm³/mol. The van der Waals surface area contributed by atoms with Gasteiger partial charge < -0.3 is 9.64 Å². The number of para-hydroxylation sites is 1. The number of ether oxygens (including phenoxy) is 1. The highest BCUT2D eigenvalue weighted by molar-refractivity contribution is 5.98. The lowest BCUT2D eigenvalue weighted by Gasteiger charge is -2.38. The molecule has 11 heteroatoms. The number of likely N-dealkylation sites (tertiary alicyclic amines) is 1. The number of pyridine rings is 1. The van der Waals surface area contributed by atoms with Crippen LogP contribution in [-0.4, -0.2) is 48.9 Å². The standard InChI is InChI=1S/C22H19F4N5O2/c1-12-13-9-17(18(10-13)33-19-6-5-14(11-27-19)22(24,25)26)30(12)21(32)15-3-2-4-16(23)20(15)31-28-7-8-29-31/h2-8,11-13,17-18H,9-10H2,1H3/t12-,13-,17+,18-/m1/s1/i1D3,12D. The van der Waals surface area contributed by atoms with Crippen LogP contribution in [0.25, 0.3) is 5.69 Å². The number of hydrogen-bond donors (Lipinski definition) is 0. The van der Waals surface area contributed by atoms with E-state index < -0.39 is 54.4 Å². The van der Waals surface area contributed by atoms with Crippen molar-refractivity contribution in [2.24, 2.45) is 5.92 Å². The summed E-state index contributed by atoms with van der Waals surface area (Å²) < 4.78 is 92.3. The summed E-state index contributed by atoms with van der Waals surface area (Å²) in [6, 6.07) is 2.20. The number of nitrogens with zero attached hydrogens (tertiary/aromatic N) is 5. The molecule has 2 bridgehead atoms. The quantitative estimate of drug-likeness (QED) is 0.547. The van der Waals surface area contributed by atoms with E-state index in [0.29, 0.717) is 6.20 Å². The number of halogens is 4. The Hall–Kier alpha value is -3.50. The number of benzene rings is 1. The molecule has 4 atom stereocenters. The van der Waals surface area contributed by atoms with E-state index in [2.05, 4.69) is 15.2 Å². The maximum absolute atomic E-state index is 14.8. The fourth-order valence-electron chi connectivity index (χ4n) is 4.36. The molecule has 1 saturated heterocycles.